The molecule has 0 saturated carbocycles. The number of ketones is 1. The molecule has 0 aromatic heterocycles. The fourth-order valence-electron chi connectivity index (χ4n) is 2.05. The molecule has 3 heteroatoms. The second kappa shape index (κ2) is 6.59. The van der Waals surface area contributed by atoms with Crippen molar-refractivity contribution in [3.05, 3.63) is 76.5 Å². The van der Waals surface area contributed by atoms with Crippen molar-refractivity contribution in [3.8, 4) is 0 Å². The van der Waals surface area contributed by atoms with Crippen molar-refractivity contribution in [2.45, 2.75) is 20.3 Å². The maximum atomic E-state index is 12.2. The highest BCUT2D eigenvalue weighted by atomic mass is 35.5. The number of anilines is 1. The number of carbonyl (C=O) groups excluding carboxylic acids is 1. The van der Waals surface area contributed by atoms with Gasteiger partial charge in [0.1, 0.15) is 0 Å². The molecule has 0 radical (unpaired) electrons. The molecule has 0 spiro atoms. The van der Waals surface area contributed by atoms with Crippen molar-refractivity contribution in [1.29, 1.82) is 0 Å². The summed E-state index contributed by atoms with van der Waals surface area (Å²) in [4.78, 5) is 12.2. The van der Waals surface area contributed by atoms with Crippen LogP contribution >= 0.6 is 11.6 Å². The third-order valence-electron chi connectivity index (χ3n) is 3.46. The number of aryl methyl sites for hydroxylation is 1. The van der Waals surface area contributed by atoms with Gasteiger partial charge in [-0.2, -0.15) is 0 Å². The van der Waals surface area contributed by atoms with Gasteiger partial charge >= 0.3 is 0 Å². The van der Waals surface area contributed by atoms with Crippen LogP contribution in [-0.2, 0) is 0 Å². The lowest BCUT2D eigenvalue weighted by Crippen LogP contribution is -2.07. The van der Waals surface area contributed by atoms with Crippen molar-refractivity contribution < 1.29 is 4.79 Å². The van der Waals surface area contributed by atoms with Gasteiger partial charge in [0.05, 0.1) is 6.42 Å². The Hall–Kier alpha value is -2.06. The molecule has 0 amide bonds. The Bertz CT molecular complexity index is 674. The number of Topliss-reactive ketones (excluding diaryl/α,β-unsaturated/α-hetero) is 1. The van der Waals surface area contributed by atoms with Crippen molar-refractivity contribution in [2.24, 2.45) is 0 Å². The standard InChI is InChI=1S/C18H18ClNO/c1-12-5-4-6-17(14(12)3)20-13(2)11-18(21)15-7-9-16(19)10-8-15/h4-10,20H,2,11H2,1,3H3. The highest BCUT2D eigenvalue weighted by molar-refractivity contribution is 6.30. The van der Waals surface area contributed by atoms with E-state index in [1.807, 2.05) is 19.1 Å². The van der Waals surface area contributed by atoms with Crippen LogP contribution in [0, 0.1) is 13.8 Å². The van der Waals surface area contributed by atoms with Crippen LogP contribution in [0.2, 0.25) is 5.02 Å². The fourth-order valence-corrected chi connectivity index (χ4v) is 2.18. The molecule has 2 aromatic rings. The highest BCUT2D eigenvalue weighted by Gasteiger charge is 2.09. The van der Waals surface area contributed by atoms with Gasteiger partial charge in [-0.3, -0.25) is 4.79 Å². The molecule has 2 aromatic carbocycles. The van der Waals surface area contributed by atoms with Gasteiger partial charge < -0.3 is 5.32 Å². The van der Waals surface area contributed by atoms with Gasteiger partial charge in [0.2, 0.25) is 0 Å². The molecule has 0 heterocycles. The molecule has 2 nitrogen and oxygen atoms in total. The van der Waals surface area contributed by atoms with Crippen LogP contribution < -0.4 is 5.32 Å². The fraction of sp³-hybridized carbons (Fsp3) is 0.167. The van der Waals surface area contributed by atoms with Gasteiger partial charge in [-0.25, -0.2) is 0 Å². The molecule has 21 heavy (non-hydrogen) atoms. The molecule has 0 atom stereocenters. The summed E-state index contributed by atoms with van der Waals surface area (Å²) in [5.74, 6) is 0.0227. The Kier molecular flexibility index (Phi) is 4.81. The normalized spacial score (nSPS) is 10.2. The summed E-state index contributed by atoms with van der Waals surface area (Å²) in [7, 11) is 0. The molecule has 0 unspecified atom stereocenters. The number of hydrogen-bond donors (Lipinski definition) is 1. The summed E-state index contributed by atoms with van der Waals surface area (Å²) in [6.07, 6.45) is 0.259. The first-order valence-electron chi connectivity index (χ1n) is 6.77. The topological polar surface area (TPSA) is 29.1 Å². The molecular formula is C18H18ClNO. The molecular weight excluding hydrogens is 282 g/mol. The molecule has 1 N–H and O–H groups in total. The van der Waals surface area contributed by atoms with E-state index >= 15 is 0 Å². The summed E-state index contributed by atoms with van der Waals surface area (Å²) in [6, 6.07) is 12.9. The monoisotopic (exact) mass is 299 g/mol. The maximum absolute atomic E-state index is 12.2. The first-order chi connectivity index (χ1) is 9.97. The van der Waals surface area contributed by atoms with Crippen molar-refractivity contribution in [1.82, 2.24) is 0 Å². The maximum Gasteiger partial charge on any atom is 0.168 e. The minimum atomic E-state index is 0.0227. The van der Waals surface area contributed by atoms with Gasteiger partial charge in [0, 0.05) is 22.0 Å². The Morgan fingerprint density at radius 1 is 1.14 bits per heavy atom. The molecule has 108 valence electrons. The first kappa shape index (κ1) is 15.3. The van der Waals surface area contributed by atoms with E-state index in [4.69, 9.17) is 11.6 Å². The zero-order chi connectivity index (χ0) is 15.4. The number of nitrogens with one attached hydrogen (secondary N) is 1. The lowest BCUT2D eigenvalue weighted by Gasteiger charge is -2.13. The first-order valence-corrected chi connectivity index (χ1v) is 7.15. The Balaban J connectivity index is 2.03. The summed E-state index contributed by atoms with van der Waals surface area (Å²) in [6.45, 7) is 8.05. The molecule has 0 aliphatic rings. The number of benzene rings is 2. The minimum absolute atomic E-state index is 0.0227. The van der Waals surface area contributed by atoms with Crippen LogP contribution in [0.15, 0.2) is 54.7 Å². The van der Waals surface area contributed by atoms with Gasteiger partial charge in [-0.05, 0) is 55.3 Å². The van der Waals surface area contributed by atoms with E-state index < -0.39 is 0 Å². The molecule has 0 saturated heterocycles. The van der Waals surface area contributed by atoms with E-state index in [0.29, 0.717) is 16.3 Å². The van der Waals surface area contributed by atoms with Gasteiger partial charge in [-0.15, -0.1) is 0 Å². The zero-order valence-electron chi connectivity index (χ0n) is 12.2. The summed E-state index contributed by atoms with van der Waals surface area (Å²) in [5.41, 5.74) is 4.69. The molecule has 0 aliphatic carbocycles. The van der Waals surface area contributed by atoms with Crippen LogP contribution in [0.5, 0.6) is 0 Å². The van der Waals surface area contributed by atoms with E-state index in [9.17, 15) is 4.79 Å². The Labute approximate surface area is 130 Å². The van der Waals surface area contributed by atoms with Gasteiger partial charge in [0.25, 0.3) is 0 Å². The van der Waals surface area contributed by atoms with Crippen LogP contribution in [0.1, 0.15) is 27.9 Å². The second-order valence-electron chi connectivity index (χ2n) is 5.08. The number of allylic oxidation sites excluding steroid dienone is 1. The Morgan fingerprint density at radius 2 is 1.81 bits per heavy atom. The SMILES string of the molecule is C=C(CC(=O)c1ccc(Cl)cc1)Nc1cccc(C)c1C. The van der Waals surface area contributed by atoms with Gasteiger partial charge in [0.15, 0.2) is 5.78 Å². The highest BCUT2D eigenvalue weighted by Crippen LogP contribution is 2.21. The summed E-state index contributed by atoms with van der Waals surface area (Å²) >= 11 is 5.82. The summed E-state index contributed by atoms with van der Waals surface area (Å²) in [5, 5.41) is 3.85. The molecule has 0 bridgehead atoms. The average molecular weight is 300 g/mol. The lowest BCUT2D eigenvalue weighted by molar-refractivity contribution is 0.0993. The third kappa shape index (κ3) is 3.96. The van der Waals surface area contributed by atoms with E-state index in [2.05, 4.69) is 24.9 Å². The predicted molar refractivity (Wildman–Crippen MR) is 89.1 cm³/mol. The molecule has 0 fully saturated rings. The minimum Gasteiger partial charge on any atom is -0.359 e. The lowest BCUT2D eigenvalue weighted by atomic mass is 10.1. The smallest absolute Gasteiger partial charge is 0.168 e. The van der Waals surface area contributed by atoms with Crippen molar-refractivity contribution in [2.75, 3.05) is 5.32 Å². The zero-order valence-corrected chi connectivity index (χ0v) is 13.0. The molecule has 0 aliphatic heterocycles. The number of carbonyl (C=O) groups is 1. The van der Waals surface area contributed by atoms with E-state index in [-0.39, 0.29) is 12.2 Å². The number of hydrogen-bond acceptors (Lipinski definition) is 2. The largest absolute Gasteiger partial charge is 0.359 e. The summed E-state index contributed by atoms with van der Waals surface area (Å²) < 4.78 is 0. The van der Waals surface area contributed by atoms with Crippen LogP contribution in [-0.4, -0.2) is 5.78 Å². The van der Waals surface area contributed by atoms with Crippen molar-refractivity contribution in [3.63, 3.8) is 0 Å². The van der Waals surface area contributed by atoms with E-state index in [1.54, 1.807) is 24.3 Å². The van der Waals surface area contributed by atoms with E-state index in [0.717, 1.165) is 11.3 Å². The van der Waals surface area contributed by atoms with Gasteiger partial charge in [-0.1, -0.05) is 30.3 Å². The Morgan fingerprint density at radius 3 is 2.48 bits per heavy atom. The number of halogens is 1. The predicted octanol–water partition coefficient (Wildman–Crippen LogP) is 5.16. The average Bonchev–Trinajstić information content (AvgIpc) is 2.44. The third-order valence-corrected chi connectivity index (χ3v) is 3.71. The van der Waals surface area contributed by atoms with Crippen molar-refractivity contribution >= 4 is 23.1 Å². The van der Waals surface area contributed by atoms with E-state index in [1.165, 1.54) is 5.56 Å². The van der Waals surface area contributed by atoms with Crippen LogP contribution in [0.4, 0.5) is 5.69 Å². The van der Waals surface area contributed by atoms with Crippen LogP contribution in [0.25, 0.3) is 0 Å². The number of rotatable bonds is 5. The second-order valence-corrected chi connectivity index (χ2v) is 5.52. The molecule has 2 rings (SSSR count). The quantitative estimate of drug-likeness (QED) is 0.773. The van der Waals surface area contributed by atoms with Crippen LogP contribution in [0.3, 0.4) is 0 Å².